The Bertz CT molecular complexity index is 387. The average molecular weight is 221 g/mol. The third kappa shape index (κ3) is 2.73. The van der Waals surface area contributed by atoms with Crippen molar-refractivity contribution in [2.75, 3.05) is 30.8 Å². The molecule has 0 unspecified atom stereocenters. The van der Waals surface area contributed by atoms with Crippen LogP contribution < -0.4 is 15.4 Å². The summed E-state index contributed by atoms with van der Waals surface area (Å²) < 4.78 is 5.26. The average Bonchev–Trinajstić information content (AvgIpc) is 2.29. The van der Waals surface area contributed by atoms with Gasteiger partial charge in [0.05, 0.1) is 19.1 Å². The van der Waals surface area contributed by atoms with E-state index in [2.05, 4.69) is 16.0 Å². The molecule has 1 rings (SSSR count). The van der Waals surface area contributed by atoms with Crippen molar-refractivity contribution in [3.05, 3.63) is 6.33 Å². The van der Waals surface area contributed by atoms with E-state index >= 15 is 0 Å². The second kappa shape index (κ2) is 5.75. The van der Waals surface area contributed by atoms with Crippen molar-refractivity contribution in [3.63, 3.8) is 0 Å². The predicted octanol–water partition coefficient (Wildman–Crippen LogP) is 0.807. The van der Waals surface area contributed by atoms with Gasteiger partial charge in [0.25, 0.3) is 0 Å². The summed E-state index contributed by atoms with van der Waals surface area (Å²) in [5.74, 6) is 0.977. The molecule has 0 bridgehead atoms. The summed E-state index contributed by atoms with van der Waals surface area (Å²) in [5.41, 5.74) is 6.27. The lowest BCUT2D eigenvalue weighted by molar-refractivity contribution is 0.328. The topological polar surface area (TPSA) is 88.1 Å². The third-order valence-corrected chi connectivity index (χ3v) is 2.03. The highest BCUT2D eigenvalue weighted by Crippen LogP contribution is 2.26. The molecule has 6 nitrogen and oxygen atoms in total. The van der Waals surface area contributed by atoms with Gasteiger partial charge >= 0.3 is 0 Å². The Kier molecular flexibility index (Phi) is 4.33. The fourth-order valence-electron chi connectivity index (χ4n) is 1.25. The summed E-state index contributed by atoms with van der Waals surface area (Å²) in [5, 5.41) is 8.50. The summed E-state index contributed by atoms with van der Waals surface area (Å²) in [4.78, 5) is 9.82. The summed E-state index contributed by atoms with van der Waals surface area (Å²) in [6, 6.07) is 2.07. The first-order chi connectivity index (χ1) is 7.70. The number of hydrogen-bond donors (Lipinski definition) is 1. The Morgan fingerprint density at radius 2 is 2.31 bits per heavy atom. The summed E-state index contributed by atoms with van der Waals surface area (Å²) in [6.45, 7) is 2.94. The zero-order valence-electron chi connectivity index (χ0n) is 9.47. The van der Waals surface area contributed by atoms with Crippen molar-refractivity contribution in [2.45, 2.75) is 13.3 Å². The maximum absolute atomic E-state index is 8.50. The molecule has 0 fully saturated rings. The van der Waals surface area contributed by atoms with E-state index in [0.717, 1.165) is 0 Å². The minimum atomic E-state index is 0.385. The second-order valence-electron chi connectivity index (χ2n) is 3.18. The number of nitrogens with two attached hydrogens (primary N) is 1. The Morgan fingerprint density at radius 3 is 2.94 bits per heavy atom. The molecule has 0 aliphatic rings. The van der Waals surface area contributed by atoms with E-state index in [4.69, 9.17) is 15.7 Å². The Morgan fingerprint density at radius 1 is 1.56 bits per heavy atom. The van der Waals surface area contributed by atoms with Gasteiger partial charge in [0, 0.05) is 13.6 Å². The third-order valence-electron chi connectivity index (χ3n) is 2.03. The lowest BCUT2D eigenvalue weighted by Gasteiger charge is -2.18. The molecule has 2 N–H and O–H groups in total. The Balaban J connectivity index is 2.87. The van der Waals surface area contributed by atoms with Crippen LogP contribution in [-0.2, 0) is 0 Å². The van der Waals surface area contributed by atoms with Crippen LogP contribution >= 0.6 is 0 Å². The first kappa shape index (κ1) is 12.0. The van der Waals surface area contributed by atoms with Crippen LogP contribution in [0.2, 0.25) is 0 Å². The number of anilines is 2. The van der Waals surface area contributed by atoms with Crippen LogP contribution in [0.3, 0.4) is 0 Å². The first-order valence-electron chi connectivity index (χ1n) is 5.02. The lowest BCUT2D eigenvalue weighted by Crippen LogP contribution is -2.21. The van der Waals surface area contributed by atoms with Crippen molar-refractivity contribution in [1.82, 2.24) is 9.97 Å². The van der Waals surface area contributed by atoms with Crippen LogP contribution in [0, 0.1) is 11.3 Å². The van der Waals surface area contributed by atoms with E-state index in [1.807, 2.05) is 18.9 Å². The summed E-state index contributed by atoms with van der Waals surface area (Å²) in [7, 11) is 1.83. The maximum Gasteiger partial charge on any atom is 0.242 e. The van der Waals surface area contributed by atoms with Gasteiger partial charge in [-0.3, -0.25) is 0 Å². The smallest absolute Gasteiger partial charge is 0.242 e. The highest BCUT2D eigenvalue weighted by Gasteiger charge is 2.12. The number of hydrogen-bond acceptors (Lipinski definition) is 6. The van der Waals surface area contributed by atoms with Gasteiger partial charge in [0.2, 0.25) is 5.88 Å². The Labute approximate surface area is 94.7 Å². The molecule has 86 valence electrons. The molecule has 0 spiro atoms. The van der Waals surface area contributed by atoms with Gasteiger partial charge in [-0.25, -0.2) is 4.98 Å². The normalized spacial score (nSPS) is 9.56. The van der Waals surface area contributed by atoms with E-state index in [1.165, 1.54) is 6.33 Å². The number of aromatic nitrogens is 2. The number of nitrogens with zero attached hydrogens (tertiary/aromatic N) is 4. The van der Waals surface area contributed by atoms with E-state index < -0.39 is 0 Å². The van der Waals surface area contributed by atoms with Crippen molar-refractivity contribution < 1.29 is 4.74 Å². The van der Waals surface area contributed by atoms with Crippen LogP contribution in [0.15, 0.2) is 6.33 Å². The largest absolute Gasteiger partial charge is 0.476 e. The van der Waals surface area contributed by atoms with Crippen molar-refractivity contribution >= 4 is 11.5 Å². The molecule has 0 saturated heterocycles. The van der Waals surface area contributed by atoms with Gasteiger partial charge in [0.1, 0.15) is 12.0 Å². The van der Waals surface area contributed by atoms with Crippen LogP contribution in [-0.4, -0.2) is 30.2 Å². The molecule has 1 aromatic heterocycles. The first-order valence-corrected chi connectivity index (χ1v) is 5.02. The maximum atomic E-state index is 8.50. The highest BCUT2D eigenvalue weighted by atomic mass is 16.5. The van der Waals surface area contributed by atoms with Crippen molar-refractivity contribution in [3.8, 4) is 11.9 Å². The van der Waals surface area contributed by atoms with Crippen LogP contribution in [0.4, 0.5) is 11.5 Å². The zero-order valence-corrected chi connectivity index (χ0v) is 9.47. The molecule has 0 saturated carbocycles. The van der Waals surface area contributed by atoms with Crippen molar-refractivity contribution in [2.24, 2.45) is 0 Å². The van der Waals surface area contributed by atoms with Gasteiger partial charge in [-0.1, -0.05) is 0 Å². The second-order valence-corrected chi connectivity index (χ2v) is 3.18. The fourth-order valence-corrected chi connectivity index (χ4v) is 1.25. The molecule has 1 heterocycles. The van der Waals surface area contributed by atoms with E-state index in [-0.39, 0.29) is 0 Å². The van der Waals surface area contributed by atoms with Gasteiger partial charge in [0.15, 0.2) is 5.82 Å². The minimum absolute atomic E-state index is 0.385. The quantitative estimate of drug-likeness (QED) is 0.791. The highest BCUT2D eigenvalue weighted by molar-refractivity contribution is 5.67. The number of ether oxygens (including phenoxy) is 1. The molecular formula is C10H15N5O. The van der Waals surface area contributed by atoms with E-state index in [1.54, 1.807) is 0 Å². The number of nitrogen functional groups attached to an aromatic ring is 1. The monoisotopic (exact) mass is 221 g/mol. The van der Waals surface area contributed by atoms with Gasteiger partial charge in [-0.15, -0.1) is 0 Å². The zero-order chi connectivity index (χ0) is 12.0. The molecule has 0 aliphatic carbocycles. The standard InChI is InChI=1S/C10H15N5O/c1-3-16-10-8(12)9(13-7-14-10)15(2)6-4-5-11/h7H,3-4,6,12H2,1-2H3. The SMILES string of the molecule is CCOc1ncnc(N(C)CCC#N)c1N. The molecule has 0 atom stereocenters. The van der Waals surface area contributed by atoms with Crippen LogP contribution in [0.1, 0.15) is 13.3 Å². The fraction of sp³-hybridized carbons (Fsp3) is 0.500. The molecule has 6 heteroatoms. The van der Waals surface area contributed by atoms with E-state index in [0.29, 0.717) is 37.0 Å². The predicted molar refractivity (Wildman–Crippen MR) is 61.1 cm³/mol. The minimum Gasteiger partial charge on any atom is -0.476 e. The van der Waals surface area contributed by atoms with Gasteiger partial charge in [-0.05, 0) is 6.92 Å². The van der Waals surface area contributed by atoms with E-state index in [9.17, 15) is 0 Å². The summed E-state index contributed by atoms with van der Waals surface area (Å²) in [6.07, 6.45) is 1.82. The summed E-state index contributed by atoms with van der Waals surface area (Å²) >= 11 is 0. The molecule has 0 amide bonds. The Hall–Kier alpha value is -2.03. The van der Waals surface area contributed by atoms with Crippen LogP contribution in [0.25, 0.3) is 0 Å². The van der Waals surface area contributed by atoms with Gasteiger partial charge in [-0.2, -0.15) is 10.2 Å². The lowest BCUT2D eigenvalue weighted by atomic mass is 10.4. The molecule has 0 radical (unpaired) electrons. The number of nitriles is 1. The molecule has 16 heavy (non-hydrogen) atoms. The molecule has 0 aliphatic heterocycles. The van der Waals surface area contributed by atoms with Crippen LogP contribution in [0.5, 0.6) is 5.88 Å². The number of rotatable bonds is 5. The van der Waals surface area contributed by atoms with Gasteiger partial charge < -0.3 is 15.4 Å². The molecular weight excluding hydrogens is 206 g/mol. The molecule has 0 aromatic carbocycles. The van der Waals surface area contributed by atoms with Crippen molar-refractivity contribution in [1.29, 1.82) is 5.26 Å². The molecule has 1 aromatic rings.